The first-order chi connectivity index (χ1) is 9.99. The highest BCUT2D eigenvalue weighted by atomic mass is 16.5. The quantitative estimate of drug-likeness (QED) is 0.669. The molecule has 0 radical (unpaired) electrons. The van der Waals surface area contributed by atoms with E-state index in [1.54, 1.807) is 18.2 Å². The van der Waals surface area contributed by atoms with Crippen LogP contribution in [-0.2, 0) is 0 Å². The molecule has 1 aromatic carbocycles. The number of carbonyl (C=O) groups is 1. The van der Waals surface area contributed by atoms with Gasteiger partial charge in [0.15, 0.2) is 5.78 Å². The summed E-state index contributed by atoms with van der Waals surface area (Å²) in [6.45, 7) is 9.47. The Hall–Kier alpha value is -1.55. The van der Waals surface area contributed by atoms with Crippen LogP contribution in [0.2, 0.25) is 0 Å². The lowest BCUT2D eigenvalue weighted by atomic mass is 9.91. The molecule has 21 heavy (non-hydrogen) atoms. The van der Waals surface area contributed by atoms with E-state index in [4.69, 9.17) is 10.5 Å². The Morgan fingerprint density at radius 2 is 2.00 bits per heavy atom. The number of hydrogen-bond acceptors (Lipinski definition) is 4. The molecule has 2 rings (SSSR count). The van der Waals surface area contributed by atoms with E-state index in [1.165, 1.54) is 6.42 Å². The molecule has 1 aliphatic heterocycles. The number of nitrogens with two attached hydrogens (primary N) is 1. The van der Waals surface area contributed by atoms with E-state index in [2.05, 4.69) is 18.7 Å². The van der Waals surface area contributed by atoms with Crippen molar-refractivity contribution in [3.05, 3.63) is 23.8 Å². The zero-order chi connectivity index (χ0) is 15.4. The number of likely N-dealkylation sites (tertiary alicyclic amines) is 1. The molecular formula is C17H26N2O2. The van der Waals surface area contributed by atoms with Crippen molar-refractivity contribution in [2.45, 2.75) is 27.2 Å². The predicted octanol–water partition coefficient (Wildman–Crippen LogP) is 2.83. The van der Waals surface area contributed by atoms with Crippen LogP contribution in [0.5, 0.6) is 5.75 Å². The largest absolute Gasteiger partial charge is 0.492 e. The monoisotopic (exact) mass is 290 g/mol. The molecule has 1 saturated heterocycles. The molecule has 0 saturated carbocycles. The van der Waals surface area contributed by atoms with Crippen molar-refractivity contribution in [2.24, 2.45) is 11.8 Å². The van der Waals surface area contributed by atoms with Crippen molar-refractivity contribution in [1.82, 2.24) is 4.90 Å². The summed E-state index contributed by atoms with van der Waals surface area (Å²) < 4.78 is 5.40. The molecule has 1 fully saturated rings. The fraction of sp³-hybridized carbons (Fsp3) is 0.588. The van der Waals surface area contributed by atoms with Crippen LogP contribution in [0, 0.1) is 11.8 Å². The number of rotatable bonds is 5. The number of nitrogens with zero attached hydrogens (tertiary/aromatic N) is 1. The first kappa shape index (κ1) is 15.8. The van der Waals surface area contributed by atoms with Gasteiger partial charge in [0, 0.05) is 18.7 Å². The highest BCUT2D eigenvalue weighted by Crippen LogP contribution is 2.24. The SMILES string of the molecule is CCOc1ccc(C(=O)CN2CC(C)CC(C)C2)cc1N. The zero-order valence-corrected chi connectivity index (χ0v) is 13.3. The van der Waals surface area contributed by atoms with Gasteiger partial charge in [-0.3, -0.25) is 9.69 Å². The molecular weight excluding hydrogens is 264 g/mol. The topological polar surface area (TPSA) is 55.6 Å². The Labute approximate surface area is 127 Å². The number of anilines is 1. The highest BCUT2D eigenvalue weighted by molar-refractivity contribution is 5.98. The van der Waals surface area contributed by atoms with Crippen molar-refractivity contribution < 1.29 is 9.53 Å². The first-order valence-corrected chi connectivity index (χ1v) is 7.77. The van der Waals surface area contributed by atoms with Gasteiger partial charge >= 0.3 is 0 Å². The van der Waals surface area contributed by atoms with Gasteiger partial charge in [-0.25, -0.2) is 0 Å². The molecule has 0 aliphatic carbocycles. The van der Waals surface area contributed by atoms with Gasteiger partial charge in [-0.15, -0.1) is 0 Å². The third kappa shape index (κ3) is 4.21. The molecule has 0 bridgehead atoms. The number of ether oxygens (including phenoxy) is 1. The van der Waals surface area contributed by atoms with Crippen molar-refractivity contribution >= 4 is 11.5 Å². The molecule has 116 valence electrons. The van der Waals surface area contributed by atoms with Gasteiger partial charge in [-0.1, -0.05) is 13.8 Å². The molecule has 0 amide bonds. The van der Waals surface area contributed by atoms with Gasteiger partial charge in [0.1, 0.15) is 5.75 Å². The second kappa shape index (κ2) is 6.94. The van der Waals surface area contributed by atoms with Gasteiger partial charge in [0.25, 0.3) is 0 Å². The summed E-state index contributed by atoms with van der Waals surface area (Å²) in [6, 6.07) is 5.32. The number of hydrogen-bond donors (Lipinski definition) is 1. The number of nitrogen functional groups attached to an aromatic ring is 1. The minimum absolute atomic E-state index is 0.131. The summed E-state index contributed by atoms with van der Waals surface area (Å²) in [5.41, 5.74) is 7.13. The van der Waals surface area contributed by atoms with Crippen LogP contribution >= 0.6 is 0 Å². The van der Waals surface area contributed by atoms with E-state index in [-0.39, 0.29) is 5.78 Å². The van der Waals surface area contributed by atoms with Crippen LogP contribution in [0.15, 0.2) is 18.2 Å². The average Bonchev–Trinajstić information content (AvgIpc) is 2.40. The van der Waals surface area contributed by atoms with Crippen LogP contribution in [0.4, 0.5) is 5.69 Å². The van der Waals surface area contributed by atoms with Crippen molar-refractivity contribution in [2.75, 3.05) is 32.0 Å². The number of carbonyl (C=O) groups excluding carboxylic acids is 1. The summed E-state index contributed by atoms with van der Waals surface area (Å²) >= 11 is 0. The number of Topliss-reactive ketones (excluding diaryl/α,β-unsaturated/α-hetero) is 1. The fourth-order valence-electron chi connectivity index (χ4n) is 3.22. The summed E-state index contributed by atoms with van der Waals surface area (Å²) in [6.07, 6.45) is 1.25. The lowest BCUT2D eigenvalue weighted by Gasteiger charge is -2.34. The molecule has 1 aliphatic rings. The Balaban J connectivity index is 2.01. The van der Waals surface area contributed by atoms with Gasteiger partial charge < -0.3 is 10.5 Å². The van der Waals surface area contributed by atoms with Crippen LogP contribution in [-0.4, -0.2) is 36.9 Å². The molecule has 2 unspecified atom stereocenters. The third-order valence-electron chi connectivity index (χ3n) is 3.94. The average molecular weight is 290 g/mol. The molecule has 0 spiro atoms. The lowest BCUT2D eigenvalue weighted by molar-refractivity contribution is 0.0849. The standard InChI is InChI=1S/C17H26N2O2/c1-4-21-17-6-5-14(8-15(17)18)16(20)11-19-9-12(2)7-13(3)10-19/h5-6,8,12-13H,4,7,9-11,18H2,1-3H3. The molecule has 4 heteroatoms. The summed E-state index contributed by atoms with van der Waals surface area (Å²) in [5.74, 6) is 2.10. The second-order valence-electron chi connectivity index (χ2n) is 6.25. The maximum atomic E-state index is 12.4. The number of ketones is 1. The minimum Gasteiger partial charge on any atom is -0.492 e. The van der Waals surface area contributed by atoms with Gasteiger partial charge in [0.05, 0.1) is 18.8 Å². The number of benzene rings is 1. The van der Waals surface area contributed by atoms with E-state index in [0.29, 0.717) is 42.0 Å². The lowest BCUT2D eigenvalue weighted by Crippen LogP contribution is -2.41. The maximum Gasteiger partial charge on any atom is 0.176 e. The third-order valence-corrected chi connectivity index (χ3v) is 3.94. The highest BCUT2D eigenvalue weighted by Gasteiger charge is 2.23. The van der Waals surface area contributed by atoms with Gasteiger partial charge in [-0.05, 0) is 43.4 Å². The van der Waals surface area contributed by atoms with E-state index in [9.17, 15) is 4.79 Å². The van der Waals surface area contributed by atoms with Crippen LogP contribution in [0.1, 0.15) is 37.6 Å². The van der Waals surface area contributed by atoms with E-state index in [0.717, 1.165) is 13.1 Å². The van der Waals surface area contributed by atoms with Crippen LogP contribution in [0.3, 0.4) is 0 Å². The maximum absolute atomic E-state index is 12.4. The Morgan fingerprint density at radius 3 is 2.57 bits per heavy atom. The smallest absolute Gasteiger partial charge is 0.176 e. The Kier molecular flexibility index (Phi) is 5.23. The molecule has 2 atom stereocenters. The van der Waals surface area contributed by atoms with Crippen LogP contribution < -0.4 is 10.5 Å². The van der Waals surface area contributed by atoms with Crippen molar-refractivity contribution in [1.29, 1.82) is 0 Å². The summed E-state index contributed by atoms with van der Waals surface area (Å²) in [5, 5.41) is 0. The molecule has 2 N–H and O–H groups in total. The Bertz CT molecular complexity index is 492. The van der Waals surface area contributed by atoms with E-state index < -0.39 is 0 Å². The Morgan fingerprint density at radius 1 is 1.33 bits per heavy atom. The molecule has 1 heterocycles. The molecule has 0 aromatic heterocycles. The van der Waals surface area contributed by atoms with E-state index >= 15 is 0 Å². The van der Waals surface area contributed by atoms with Gasteiger partial charge in [-0.2, -0.15) is 0 Å². The second-order valence-corrected chi connectivity index (χ2v) is 6.25. The fourth-order valence-corrected chi connectivity index (χ4v) is 3.22. The first-order valence-electron chi connectivity index (χ1n) is 7.77. The van der Waals surface area contributed by atoms with Crippen molar-refractivity contribution in [3.63, 3.8) is 0 Å². The normalized spacial score (nSPS) is 23.0. The predicted molar refractivity (Wildman–Crippen MR) is 85.7 cm³/mol. The van der Waals surface area contributed by atoms with Gasteiger partial charge in [0.2, 0.25) is 0 Å². The molecule has 1 aromatic rings. The van der Waals surface area contributed by atoms with Crippen LogP contribution in [0.25, 0.3) is 0 Å². The summed E-state index contributed by atoms with van der Waals surface area (Å²) in [7, 11) is 0. The molecule has 4 nitrogen and oxygen atoms in total. The zero-order valence-electron chi connectivity index (χ0n) is 13.3. The van der Waals surface area contributed by atoms with E-state index in [1.807, 2.05) is 6.92 Å². The summed E-state index contributed by atoms with van der Waals surface area (Å²) in [4.78, 5) is 14.7. The van der Waals surface area contributed by atoms with Crippen molar-refractivity contribution in [3.8, 4) is 5.75 Å². The minimum atomic E-state index is 0.131. The number of piperidine rings is 1.